The molecular weight excluding hydrogens is 272 g/mol. The van der Waals surface area contributed by atoms with Crippen molar-refractivity contribution >= 4 is 11.6 Å². The molecule has 0 radical (unpaired) electrons. The first-order valence-electron chi connectivity index (χ1n) is 7.60. The van der Waals surface area contributed by atoms with Crippen LogP contribution in [0.15, 0.2) is 18.2 Å². The van der Waals surface area contributed by atoms with E-state index in [-0.39, 0.29) is 0 Å². The van der Waals surface area contributed by atoms with Gasteiger partial charge in [-0.2, -0.15) is 0 Å². The first-order valence-corrected chi connectivity index (χ1v) is 7.98. The third-order valence-electron chi connectivity index (χ3n) is 3.99. The van der Waals surface area contributed by atoms with E-state index in [1.165, 1.54) is 12.8 Å². The molecule has 0 aliphatic carbocycles. The average molecular weight is 297 g/mol. The van der Waals surface area contributed by atoms with Crippen LogP contribution in [0.3, 0.4) is 0 Å². The van der Waals surface area contributed by atoms with E-state index in [4.69, 9.17) is 11.6 Å². The summed E-state index contributed by atoms with van der Waals surface area (Å²) < 4.78 is 0. The van der Waals surface area contributed by atoms with Gasteiger partial charge in [-0.3, -0.25) is 4.90 Å². The molecule has 0 unspecified atom stereocenters. The number of nitrogens with zero attached hydrogens (tertiary/aromatic N) is 1. The zero-order chi connectivity index (χ0) is 14.4. The highest BCUT2D eigenvalue weighted by atomic mass is 35.5. The summed E-state index contributed by atoms with van der Waals surface area (Å²) >= 11 is 6.22. The summed E-state index contributed by atoms with van der Waals surface area (Å²) in [6.45, 7) is 7.34. The van der Waals surface area contributed by atoms with Crippen molar-refractivity contribution in [1.82, 2.24) is 10.2 Å². The van der Waals surface area contributed by atoms with Gasteiger partial charge in [-0.05, 0) is 56.9 Å². The highest BCUT2D eigenvalue weighted by molar-refractivity contribution is 6.31. The van der Waals surface area contributed by atoms with Crippen molar-refractivity contribution in [2.75, 3.05) is 26.2 Å². The summed E-state index contributed by atoms with van der Waals surface area (Å²) in [5.41, 5.74) is 0.858. The molecule has 0 amide bonds. The van der Waals surface area contributed by atoms with Gasteiger partial charge in [0.15, 0.2) is 0 Å². The van der Waals surface area contributed by atoms with Crippen molar-refractivity contribution in [2.24, 2.45) is 5.92 Å². The smallest absolute Gasteiger partial charge is 0.121 e. The number of phenols is 1. The van der Waals surface area contributed by atoms with E-state index in [0.29, 0.717) is 10.8 Å². The lowest BCUT2D eigenvalue weighted by atomic mass is 9.97. The van der Waals surface area contributed by atoms with Crippen molar-refractivity contribution in [3.8, 4) is 5.75 Å². The van der Waals surface area contributed by atoms with Gasteiger partial charge in [-0.25, -0.2) is 0 Å². The fourth-order valence-corrected chi connectivity index (χ4v) is 3.14. The van der Waals surface area contributed by atoms with Crippen LogP contribution < -0.4 is 5.32 Å². The Morgan fingerprint density at radius 3 is 2.75 bits per heavy atom. The fraction of sp³-hybridized carbons (Fsp3) is 0.625. The van der Waals surface area contributed by atoms with Gasteiger partial charge in [0.25, 0.3) is 0 Å². The minimum atomic E-state index is 0.309. The van der Waals surface area contributed by atoms with Crippen molar-refractivity contribution in [3.05, 3.63) is 28.8 Å². The highest BCUT2D eigenvalue weighted by Gasteiger charge is 2.18. The van der Waals surface area contributed by atoms with Gasteiger partial charge in [0.05, 0.1) is 0 Å². The molecule has 0 saturated carbocycles. The largest absolute Gasteiger partial charge is 0.508 e. The fourth-order valence-electron chi connectivity index (χ4n) is 2.91. The lowest BCUT2D eigenvalue weighted by Crippen LogP contribution is -2.36. The van der Waals surface area contributed by atoms with Crippen LogP contribution in [0.1, 0.15) is 31.7 Å². The number of benzene rings is 1. The molecule has 1 saturated heterocycles. The van der Waals surface area contributed by atoms with Crippen molar-refractivity contribution in [2.45, 2.75) is 32.7 Å². The Balaban J connectivity index is 2.00. The molecule has 2 N–H and O–H groups in total. The SMILES string of the molecule is CCCN(Cc1c(O)cccc1Cl)CC1CCNCC1. The Labute approximate surface area is 126 Å². The zero-order valence-corrected chi connectivity index (χ0v) is 13.0. The molecule has 1 aliphatic heterocycles. The van der Waals surface area contributed by atoms with Gasteiger partial charge in [0.2, 0.25) is 0 Å². The van der Waals surface area contributed by atoms with Crippen LogP contribution in [0.5, 0.6) is 5.75 Å². The molecule has 3 nitrogen and oxygen atoms in total. The van der Waals surface area contributed by atoms with E-state index < -0.39 is 0 Å². The summed E-state index contributed by atoms with van der Waals surface area (Å²) in [5.74, 6) is 1.07. The molecule has 0 aromatic heterocycles. The van der Waals surface area contributed by atoms with Crippen LogP contribution in [0.2, 0.25) is 5.02 Å². The lowest BCUT2D eigenvalue weighted by Gasteiger charge is -2.30. The second kappa shape index (κ2) is 7.87. The molecular formula is C16H25ClN2O. The highest BCUT2D eigenvalue weighted by Crippen LogP contribution is 2.27. The quantitative estimate of drug-likeness (QED) is 0.846. The molecule has 1 heterocycles. The van der Waals surface area contributed by atoms with E-state index in [2.05, 4.69) is 17.1 Å². The van der Waals surface area contributed by atoms with E-state index in [1.807, 2.05) is 6.07 Å². The summed E-state index contributed by atoms with van der Waals surface area (Å²) in [6, 6.07) is 5.36. The maximum absolute atomic E-state index is 9.99. The van der Waals surface area contributed by atoms with Gasteiger partial charge >= 0.3 is 0 Å². The van der Waals surface area contributed by atoms with E-state index in [0.717, 1.165) is 50.6 Å². The number of phenolic OH excluding ortho intramolecular Hbond substituents is 1. The molecule has 0 spiro atoms. The monoisotopic (exact) mass is 296 g/mol. The summed E-state index contributed by atoms with van der Waals surface area (Å²) in [7, 11) is 0. The second-order valence-electron chi connectivity index (χ2n) is 5.67. The van der Waals surface area contributed by atoms with Gasteiger partial charge in [-0.1, -0.05) is 24.6 Å². The number of nitrogens with one attached hydrogen (secondary N) is 1. The van der Waals surface area contributed by atoms with E-state index in [1.54, 1.807) is 12.1 Å². The molecule has 1 aromatic carbocycles. The molecule has 112 valence electrons. The van der Waals surface area contributed by atoms with Crippen molar-refractivity contribution < 1.29 is 5.11 Å². The Morgan fingerprint density at radius 2 is 2.10 bits per heavy atom. The topological polar surface area (TPSA) is 35.5 Å². The van der Waals surface area contributed by atoms with Crippen molar-refractivity contribution in [3.63, 3.8) is 0 Å². The molecule has 1 fully saturated rings. The molecule has 0 atom stereocenters. The molecule has 2 rings (SSSR count). The normalized spacial score (nSPS) is 16.8. The molecule has 20 heavy (non-hydrogen) atoms. The van der Waals surface area contributed by atoms with Crippen LogP contribution in [-0.2, 0) is 6.54 Å². The second-order valence-corrected chi connectivity index (χ2v) is 6.07. The van der Waals surface area contributed by atoms with E-state index >= 15 is 0 Å². The van der Waals surface area contributed by atoms with Crippen LogP contribution in [0, 0.1) is 5.92 Å². The predicted molar refractivity (Wildman–Crippen MR) is 84.3 cm³/mol. The predicted octanol–water partition coefficient (Wildman–Crippen LogP) is 3.26. The van der Waals surface area contributed by atoms with E-state index in [9.17, 15) is 5.11 Å². The number of hydrogen-bond acceptors (Lipinski definition) is 3. The zero-order valence-electron chi connectivity index (χ0n) is 12.2. The summed E-state index contributed by atoms with van der Waals surface area (Å²) in [5, 5.41) is 14.1. The first kappa shape index (κ1) is 15.6. The van der Waals surface area contributed by atoms with Gasteiger partial charge in [0, 0.05) is 23.7 Å². The van der Waals surface area contributed by atoms with Crippen LogP contribution in [0.25, 0.3) is 0 Å². The van der Waals surface area contributed by atoms with Gasteiger partial charge < -0.3 is 10.4 Å². The van der Waals surface area contributed by atoms with Gasteiger partial charge in [0.1, 0.15) is 5.75 Å². The van der Waals surface area contributed by atoms with Crippen molar-refractivity contribution in [1.29, 1.82) is 0 Å². The Hall–Kier alpha value is -0.770. The maximum atomic E-state index is 9.99. The number of aromatic hydroxyl groups is 1. The summed E-state index contributed by atoms with van der Waals surface area (Å²) in [6.07, 6.45) is 3.61. The lowest BCUT2D eigenvalue weighted by molar-refractivity contribution is 0.197. The standard InChI is InChI=1S/C16H25ClN2O/c1-2-10-19(11-13-6-8-18-9-7-13)12-14-15(17)4-3-5-16(14)20/h3-5,13,18,20H,2,6-12H2,1H3. The third kappa shape index (κ3) is 4.37. The molecule has 0 bridgehead atoms. The van der Waals surface area contributed by atoms with Crippen LogP contribution in [0.4, 0.5) is 0 Å². The Kier molecular flexibility index (Phi) is 6.14. The molecule has 1 aliphatic rings. The number of hydrogen-bond donors (Lipinski definition) is 2. The summed E-state index contributed by atoms with van der Waals surface area (Å²) in [4.78, 5) is 2.43. The Morgan fingerprint density at radius 1 is 1.35 bits per heavy atom. The minimum absolute atomic E-state index is 0.309. The number of rotatable bonds is 6. The number of piperidine rings is 1. The number of halogens is 1. The maximum Gasteiger partial charge on any atom is 0.121 e. The van der Waals surface area contributed by atoms with Crippen LogP contribution >= 0.6 is 11.6 Å². The molecule has 4 heteroatoms. The van der Waals surface area contributed by atoms with Crippen LogP contribution in [-0.4, -0.2) is 36.2 Å². The average Bonchev–Trinajstić information content (AvgIpc) is 2.44. The first-order chi connectivity index (χ1) is 9.70. The van der Waals surface area contributed by atoms with Gasteiger partial charge in [-0.15, -0.1) is 0 Å². The molecule has 1 aromatic rings. The minimum Gasteiger partial charge on any atom is -0.508 e. The Bertz CT molecular complexity index is 399. The third-order valence-corrected chi connectivity index (χ3v) is 4.34.